The van der Waals surface area contributed by atoms with Crippen LogP contribution in [0.5, 0.6) is 0 Å². The number of halogens is 2. The van der Waals surface area contributed by atoms with Crippen LogP contribution in [0.1, 0.15) is 44.5 Å². The molecule has 4 aromatic rings. The van der Waals surface area contributed by atoms with Crippen LogP contribution in [0.25, 0.3) is 11.1 Å². The van der Waals surface area contributed by atoms with E-state index in [2.05, 4.69) is 4.72 Å². The van der Waals surface area contributed by atoms with Gasteiger partial charge in [0.2, 0.25) is 10.0 Å². The van der Waals surface area contributed by atoms with Crippen molar-refractivity contribution in [1.82, 2.24) is 0 Å². The number of nitrogen functional groups attached to an aromatic ring is 2. The number of hydrogen-bond donors (Lipinski definition) is 4. The third-order valence-corrected chi connectivity index (χ3v) is 9.41. The molecule has 0 saturated heterocycles. The van der Waals surface area contributed by atoms with Crippen LogP contribution in [0.2, 0.25) is 0 Å². The Balaban J connectivity index is 2.18. The second kappa shape index (κ2) is 9.62. The summed E-state index contributed by atoms with van der Waals surface area (Å²) in [5.74, 6) is -1.29. The first-order valence-corrected chi connectivity index (χ1v) is 15.0. The molecule has 0 heterocycles. The minimum Gasteiger partial charge on any atom is -0.755 e. The number of sulfonamides is 1. The van der Waals surface area contributed by atoms with E-state index in [4.69, 9.17) is 16.6 Å². The highest BCUT2D eigenvalue weighted by Crippen LogP contribution is 2.60. The molecular formula is C29H27F2N4O4S2-. The van der Waals surface area contributed by atoms with E-state index >= 15 is 8.78 Å². The van der Waals surface area contributed by atoms with E-state index in [1.807, 2.05) is 0 Å². The van der Waals surface area contributed by atoms with Crippen LogP contribution < -0.4 is 21.3 Å². The van der Waals surface area contributed by atoms with Gasteiger partial charge < -0.3 is 20.7 Å². The third-order valence-electron chi connectivity index (χ3n) is 7.95. The Bertz CT molecular complexity index is 1880. The highest BCUT2D eigenvalue weighted by atomic mass is 32.2. The molecule has 0 bridgehead atoms. The summed E-state index contributed by atoms with van der Waals surface area (Å²) in [6.45, 7) is 6.47. The minimum atomic E-state index is -4.51. The molecule has 7 N–H and O–H groups in total. The first-order chi connectivity index (χ1) is 19.1. The lowest BCUT2D eigenvalue weighted by Crippen LogP contribution is -2.34. The normalized spacial score (nSPS) is 14.4. The second-order valence-electron chi connectivity index (χ2n) is 10.3. The zero-order chi connectivity index (χ0) is 30.2. The summed E-state index contributed by atoms with van der Waals surface area (Å²) in [6.07, 6.45) is 0. The molecule has 12 heteroatoms. The molecule has 5 rings (SSSR count). The molecule has 8 nitrogen and oxygen atoms in total. The maximum Gasteiger partial charge on any atom is 0.238 e. The molecule has 1 aliphatic rings. The largest absolute Gasteiger partial charge is 0.755 e. The highest BCUT2D eigenvalue weighted by Gasteiger charge is 2.51. The number of nitrogens with one attached hydrogen (secondary N) is 1. The molecule has 1 unspecified atom stereocenters. The summed E-state index contributed by atoms with van der Waals surface area (Å²) in [5, 5.41) is 5.82. The lowest BCUT2D eigenvalue weighted by Gasteiger charge is -2.38. The van der Waals surface area contributed by atoms with Gasteiger partial charge in [-0.2, -0.15) is 0 Å². The summed E-state index contributed by atoms with van der Waals surface area (Å²) < 4.78 is 83.6. The third kappa shape index (κ3) is 4.21. The monoisotopic (exact) mass is 597 g/mol. The van der Waals surface area contributed by atoms with E-state index in [0.29, 0.717) is 27.8 Å². The lowest BCUT2D eigenvalue weighted by molar-refractivity contribution is 0.542. The van der Waals surface area contributed by atoms with Gasteiger partial charge in [-0.25, -0.2) is 22.3 Å². The quantitative estimate of drug-likeness (QED) is 0.171. The Hall–Kier alpha value is -3.84. The standard InChI is InChI=1S/C29H28F2N4O4S2/c1-13-9-23(27(35-40(36)37)15(3)25(13)32)29(24-10-14(2)26(33)16(4)28(24)41(34,38)39)21-11-17(30)5-7-19(21)20-8-6-18(31)12-22(20)29/h5-12,35H,32-33H2,1-4H3,(H,36,37)(H2,34,38,39)/p-1. The molecule has 0 amide bonds. The molecule has 1 atom stereocenters. The van der Waals surface area contributed by atoms with Crippen molar-refractivity contribution in [3.63, 3.8) is 0 Å². The average Bonchev–Trinajstić information content (AvgIpc) is 3.15. The number of nitrogens with two attached hydrogens (primary N) is 3. The van der Waals surface area contributed by atoms with E-state index in [0.717, 1.165) is 0 Å². The van der Waals surface area contributed by atoms with Gasteiger partial charge in [-0.3, -0.25) is 4.21 Å². The number of rotatable bonds is 5. The van der Waals surface area contributed by atoms with Crippen molar-refractivity contribution >= 4 is 38.4 Å². The van der Waals surface area contributed by atoms with E-state index in [9.17, 15) is 17.2 Å². The van der Waals surface area contributed by atoms with Crippen LogP contribution in [0.4, 0.5) is 25.8 Å². The molecule has 0 aliphatic heterocycles. The van der Waals surface area contributed by atoms with Gasteiger partial charge in [0.25, 0.3) is 0 Å². The Morgan fingerprint density at radius 1 is 0.780 bits per heavy atom. The molecule has 0 spiro atoms. The van der Waals surface area contributed by atoms with Crippen LogP contribution in [0.3, 0.4) is 0 Å². The topological polar surface area (TPSA) is 164 Å². The summed E-state index contributed by atoms with van der Waals surface area (Å²) in [6, 6.07) is 11.1. The molecule has 4 aromatic carbocycles. The smallest absolute Gasteiger partial charge is 0.238 e. The maximum atomic E-state index is 15.2. The van der Waals surface area contributed by atoms with Gasteiger partial charge in [0.15, 0.2) is 0 Å². The number of hydrogen-bond acceptors (Lipinski definition) is 6. The van der Waals surface area contributed by atoms with Gasteiger partial charge in [-0.15, -0.1) is 0 Å². The molecule has 0 saturated carbocycles. The van der Waals surface area contributed by atoms with Crippen LogP contribution in [0.15, 0.2) is 53.4 Å². The van der Waals surface area contributed by atoms with Gasteiger partial charge in [-0.1, -0.05) is 24.3 Å². The zero-order valence-corrected chi connectivity index (χ0v) is 24.2. The van der Waals surface area contributed by atoms with Gasteiger partial charge in [-0.05, 0) is 108 Å². The number of primary sulfonamides is 1. The van der Waals surface area contributed by atoms with Crippen molar-refractivity contribution in [2.45, 2.75) is 38.0 Å². The second-order valence-corrected chi connectivity index (χ2v) is 12.4. The predicted molar refractivity (Wildman–Crippen MR) is 155 cm³/mol. The van der Waals surface area contributed by atoms with E-state index in [1.165, 1.54) is 49.4 Å². The van der Waals surface area contributed by atoms with Crippen molar-refractivity contribution in [3.05, 3.63) is 105 Å². The van der Waals surface area contributed by atoms with Crippen molar-refractivity contribution in [2.75, 3.05) is 16.2 Å². The fourth-order valence-corrected chi connectivity index (χ4v) is 7.61. The minimum absolute atomic E-state index is 0.0289. The Morgan fingerprint density at radius 3 is 1.71 bits per heavy atom. The fraction of sp³-hybridized carbons (Fsp3) is 0.172. The SMILES string of the molecule is Cc1cc(C2(c3cc(C)c(N)c(C)c3S(N)(=O)=O)c3cc(F)ccc3-c3ccc(F)cc32)c(NS(=O)[O-])c(C)c1N. The lowest BCUT2D eigenvalue weighted by atomic mass is 9.65. The molecule has 41 heavy (non-hydrogen) atoms. The van der Waals surface area contributed by atoms with E-state index in [1.54, 1.807) is 26.8 Å². The van der Waals surface area contributed by atoms with Crippen molar-refractivity contribution in [1.29, 1.82) is 0 Å². The zero-order valence-electron chi connectivity index (χ0n) is 22.6. The number of aryl methyl sites for hydroxylation is 2. The molecule has 0 radical (unpaired) electrons. The first-order valence-electron chi connectivity index (χ1n) is 12.4. The first kappa shape index (κ1) is 28.7. The molecule has 214 valence electrons. The van der Waals surface area contributed by atoms with E-state index < -0.39 is 38.3 Å². The number of fused-ring (bicyclic) bond motifs is 3. The fourth-order valence-electron chi connectivity index (χ4n) is 6.13. The van der Waals surface area contributed by atoms with Gasteiger partial charge in [0.05, 0.1) is 16.0 Å². The summed E-state index contributed by atoms with van der Waals surface area (Å²) in [7, 11) is -4.51. The Morgan fingerprint density at radius 2 is 1.24 bits per heavy atom. The summed E-state index contributed by atoms with van der Waals surface area (Å²) in [5.41, 5.74) is 14.6. The number of anilines is 3. The Kier molecular flexibility index (Phi) is 6.73. The number of benzene rings is 4. The van der Waals surface area contributed by atoms with Crippen molar-refractivity contribution in [2.24, 2.45) is 5.14 Å². The Labute approximate surface area is 239 Å². The van der Waals surface area contributed by atoms with Crippen molar-refractivity contribution in [3.8, 4) is 11.1 Å². The molecule has 0 fully saturated rings. The molecular weight excluding hydrogens is 570 g/mol. The highest BCUT2D eigenvalue weighted by molar-refractivity contribution is 7.89. The predicted octanol–water partition coefficient (Wildman–Crippen LogP) is 4.58. The summed E-state index contributed by atoms with van der Waals surface area (Å²) in [4.78, 5) is -0.339. The van der Waals surface area contributed by atoms with Crippen molar-refractivity contribution < 1.29 is 26.0 Å². The van der Waals surface area contributed by atoms with Gasteiger partial charge >= 0.3 is 0 Å². The van der Waals surface area contributed by atoms with Gasteiger partial charge in [0.1, 0.15) is 11.6 Å². The van der Waals surface area contributed by atoms with Crippen LogP contribution in [0, 0.1) is 39.3 Å². The van der Waals surface area contributed by atoms with Crippen LogP contribution in [-0.2, 0) is 26.7 Å². The molecule has 1 aliphatic carbocycles. The van der Waals surface area contributed by atoms with Gasteiger partial charge in [0, 0.05) is 22.6 Å². The average molecular weight is 598 g/mol. The molecule has 0 aromatic heterocycles. The van der Waals surface area contributed by atoms with Crippen LogP contribution in [-0.4, -0.2) is 17.2 Å². The van der Waals surface area contributed by atoms with E-state index in [-0.39, 0.29) is 49.8 Å². The van der Waals surface area contributed by atoms with Crippen LogP contribution >= 0.6 is 0 Å². The summed E-state index contributed by atoms with van der Waals surface area (Å²) >= 11 is -2.85. The maximum absolute atomic E-state index is 15.2.